The molecule has 0 aliphatic carbocycles. The number of hydrogen-bond donors (Lipinski definition) is 0. The molecule has 0 amide bonds. The summed E-state index contributed by atoms with van der Waals surface area (Å²) < 4.78 is 39.8. The van der Waals surface area contributed by atoms with Crippen LogP contribution in [0.5, 0.6) is 0 Å². The lowest BCUT2D eigenvalue weighted by molar-refractivity contribution is -0.174. The highest BCUT2D eigenvalue weighted by Gasteiger charge is 2.22. The van der Waals surface area contributed by atoms with E-state index in [0.717, 1.165) is 19.3 Å². The maximum Gasteiger partial charge on any atom is 0.308 e. The largest absolute Gasteiger partial charge is 0.425 e. The van der Waals surface area contributed by atoms with Crippen LogP contribution in [0.3, 0.4) is 0 Å². The first-order valence-electron chi connectivity index (χ1n) is 7.19. The standard InChI is InChI=1S/C14H25F3O2/c1-2-3-4-5-6-7-8-9-10-11-12(18)19-14(17)13(15)16/h13-14H,2-11H2,1H3. The lowest BCUT2D eigenvalue weighted by Gasteiger charge is -2.08. The average Bonchev–Trinajstić information content (AvgIpc) is 2.36. The van der Waals surface area contributed by atoms with Gasteiger partial charge in [0.15, 0.2) is 0 Å². The van der Waals surface area contributed by atoms with E-state index in [1.807, 2.05) is 0 Å². The quantitative estimate of drug-likeness (QED) is 0.371. The zero-order valence-electron chi connectivity index (χ0n) is 11.7. The molecule has 0 saturated carbocycles. The number of carbonyl (C=O) groups excluding carboxylic acids is 1. The molecule has 0 heterocycles. The minimum absolute atomic E-state index is 0.0168. The fourth-order valence-electron chi connectivity index (χ4n) is 1.82. The first-order valence-corrected chi connectivity index (χ1v) is 7.19. The molecule has 1 unspecified atom stereocenters. The zero-order chi connectivity index (χ0) is 14.5. The van der Waals surface area contributed by atoms with E-state index in [2.05, 4.69) is 11.7 Å². The summed E-state index contributed by atoms with van der Waals surface area (Å²) in [5, 5.41) is 0. The number of halogens is 3. The fourth-order valence-corrected chi connectivity index (χ4v) is 1.82. The molecular weight excluding hydrogens is 257 g/mol. The molecule has 0 aliphatic heterocycles. The molecular formula is C14H25F3O2. The van der Waals surface area contributed by atoms with Crippen molar-refractivity contribution in [3.8, 4) is 0 Å². The SMILES string of the molecule is CCCCCCCCCCCC(=O)OC(F)C(F)F. The molecule has 0 rings (SSSR count). The van der Waals surface area contributed by atoms with Crippen molar-refractivity contribution < 1.29 is 22.7 Å². The smallest absolute Gasteiger partial charge is 0.308 e. The zero-order valence-corrected chi connectivity index (χ0v) is 11.7. The van der Waals surface area contributed by atoms with Gasteiger partial charge in [-0.3, -0.25) is 4.79 Å². The molecule has 1 atom stereocenters. The number of ether oxygens (including phenoxy) is 1. The van der Waals surface area contributed by atoms with Crippen LogP contribution >= 0.6 is 0 Å². The van der Waals surface area contributed by atoms with Crippen molar-refractivity contribution in [3.63, 3.8) is 0 Å². The minimum atomic E-state index is -3.26. The summed E-state index contributed by atoms with van der Waals surface area (Å²) >= 11 is 0. The predicted molar refractivity (Wildman–Crippen MR) is 68.8 cm³/mol. The van der Waals surface area contributed by atoms with Gasteiger partial charge in [-0.1, -0.05) is 58.3 Å². The summed E-state index contributed by atoms with van der Waals surface area (Å²) in [5.41, 5.74) is 0. The molecule has 5 heteroatoms. The molecule has 2 nitrogen and oxygen atoms in total. The minimum Gasteiger partial charge on any atom is -0.425 e. The molecule has 0 aromatic carbocycles. The molecule has 0 saturated heterocycles. The van der Waals surface area contributed by atoms with Gasteiger partial charge in [-0.15, -0.1) is 0 Å². The molecule has 0 aromatic rings. The van der Waals surface area contributed by atoms with Gasteiger partial charge >= 0.3 is 18.8 Å². The first kappa shape index (κ1) is 18.3. The Morgan fingerprint density at radius 1 is 0.895 bits per heavy atom. The van der Waals surface area contributed by atoms with Gasteiger partial charge in [0, 0.05) is 6.42 Å². The Hall–Kier alpha value is -0.740. The van der Waals surface area contributed by atoms with Gasteiger partial charge < -0.3 is 4.74 Å². The van der Waals surface area contributed by atoms with E-state index < -0.39 is 18.8 Å². The van der Waals surface area contributed by atoms with Crippen molar-refractivity contribution in [3.05, 3.63) is 0 Å². The van der Waals surface area contributed by atoms with Crippen LogP contribution in [0, 0.1) is 0 Å². The Morgan fingerprint density at radius 3 is 1.84 bits per heavy atom. The van der Waals surface area contributed by atoms with Crippen molar-refractivity contribution in [1.82, 2.24) is 0 Å². The second-order valence-corrected chi connectivity index (χ2v) is 4.75. The second kappa shape index (κ2) is 12.3. The lowest BCUT2D eigenvalue weighted by Crippen LogP contribution is -2.20. The highest BCUT2D eigenvalue weighted by atomic mass is 19.3. The van der Waals surface area contributed by atoms with Crippen LogP contribution in [0.4, 0.5) is 13.2 Å². The molecule has 0 N–H and O–H groups in total. The van der Waals surface area contributed by atoms with Crippen LogP contribution in [-0.4, -0.2) is 18.8 Å². The summed E-state index contributed by atoms with van der Waals surface area (Å²) in [6.45, 7) is 2.18. The molecule has 114 valence electrons. The Kier molecular flexibility index (Phi) is 11.8. The van der Waals surface area contributed by atoms with E-state index >= 15 is 0 Å². The van der Waals surface area contributed by atoms with Gasteiger partial charge in [-0.05, 0) is 6.42 Å². The highest BCUT2D eigenvalue weighted by molar-refractivity contribution is 5.69. The van der Waals surface area contributed by atoms with Gasteiger partial charge in [-0.25, -0.2) is 8.78 Å². The monoisotopic (exact) mass is 282 g/mol. The van der Waals surface area contributed by atoms with Crippen molar-refractivity contribution in [1.29, 1.82) is 0 Å². The van der Waals surface area contributed by atoms with Crippen LogP contribution in [-0.2, 0) is 9.53 Å². The van der Waals surface area contributed by atoms with E-state index in [0.29, 0.717) is 6.42 Å². The summed E-state index contributed by atoms with van der Waals surface area (Å²) in [6, 6.07) is 0. The molecule has 19 heavy (non-hydrogen) atoms. The fraction of sp³-hybridized carbons (Fsp3) is 0.929. The molecule has 0 spiro atoms. The third-order valence-corrected chi connectivity index (χ3v) is 2.93. The third kappa shape index (κ3) is 12.1. The second-order valence-electron chi connectivity index (χ2n) is 4.75. The van der Waals surface area contributed by atoms with Crippen LogP contribution in [0.15, 0.2) is 0 Å². The van der Waals surface area contributed by atoms with E-state index in [1.54, 1.807) is 0 Å². The summed E-state index contributed by atoms with van der Waals surface area (Å²) in [4.78, 5) is 11.0. The lowest BCUT2D eigenvalue weighted by atomic mass is 10.1. The molecule has 0 bridgehead atoms. The number of rotatable bonds is 12. The predicted octanol–water partition coefficient (Wildman–Crippen LogP) is 5.01. The summed E-state index contributed by atoms with van der Waals surface area (Å²) in [7, 11) is 0. The highest BCUT2D eigenvalue weighted by Crippen LogP contribution is 2.12. The Balaban J connectivity index is 3.27. The first-order chi connectivity index (χ1) is 9.07. The van der Waals surface area contributed by atoms with Crippen molar-refractivity contribution in [2.75, 3.05) is 0 Å². The van der Waals surface area contributed by atoms with Gasteiger partial charge in [0.2, 0.25) is 0 Å². The van der Waals surface area contributed by atoms with Crippen LogP contribution in [0.25, 0.3) is 0 Å². The van der Waals surface area contributed by atoms with E-state index in [4.69, 9.17) is 0 Å². The van der Waals surface area contributed by atoms with Crippen molar-refractivity contribution >= 4 is 5.97 Å². The van der Waals surface area contributed by atoms with Gasteiger partial charge in [-0.2, -0.15) is 4.39 Å². The number of hydrogen-bond acceptors (Lipinski definition) is 2. The molecule has 0 aliphatic rings. The van der Waals surface area contributed by atoms with E-state index in [9.17, 15) is 18.0 Å². The topological polar surface area (TPSA) is 26.3 Å². The maximum absolute atomic E-state index is 12.4. The summed E-state index contributed by atoms with van der Waals surface area (Å²) in [6.07, 6.45) is 3.77. The van der Waals surface area contributed by atoms with E-state index in [1.165, 1.54) is 32.1 Å². The van der Waals surface area contributed by atoms with Crippen LogP contribution in [0.2, 0.25) is 0 Å². The number of alkyl halides is 3. The average molecular weight is 282 g/mol. The molecule has 0 fully saturated rings. The Labute approximate surface area is 113 Å². The van der Waals surface area contributed by atoms with Gasteiger partial charge in [0.1, 0.15) is 0 Å². The molecule has 0 radical (unpaired) electrons. The summed E-state index contributed by atoms with van der Waals surface area (Å²) in [5.74, 6) is -0.879. The Bertz CT molecular complexity index is 223. The van der Waals surface area contributed by atoms with E-state index in [-0.39, 0.29) is 6.42 Å². The maximum atomic E-state index is 12.4. The van der Waals surface area contributed by atoms with Crippen molar-refractivity contribution in [2.24, 2.45) is 0 Å². The van der Waals surface area contributed by atoms with Crippen LogP contribution in [0.1, 0.15) is 71.1 Å². The van der Waals surface area contributed by atoms with Crippen molar-refractivity contribution in [2.45, 2.75) is 83.9 Å². The Morgan fingerprint density at radius 2 is 1.37 bits per heavy atom. The van der Waals surface area contributed by atoms with Gasteiger partial charge in [0.25, 0.3) is 0 Å². The number of esters is 1. The molecule has 0 aromatic heterocycles. The normalized spacial score (nSPS) is 12.7. The third-order valence-electron chi connectivity index (χ3n) is 2.93. The number of unbranched alkanes of at least 4 members (excludes halogenated alkanes) is 8. The van der Waals surface area contributed by atoms with Crippen LogP contribution < -0.4 is 0 Å². The number of carbonyl (C=O) groups is 1. The van der Waals surface area contributed by atoms with Gasteiger partial charge in [0.05, 0.1) is 0 Å².